The summed E-state index contributed by atoms with van der Waals surface area (Å²) in [6, 6.07) is 17.2. The summed E-state index contributed by atoms with van der Waals surface area (Å²) in [5, 5.41) is 5.40. The summed E-state index contributed by atoms with van der Waals surface area (Å²) in [4.78, 5) is 13.3. The molecule has 0 spiro atoms. The van der Waals surface area contributed by atoms with Crippen LogP contribution in [0.5, 0.6) is 0 Å². The molecule has 0 saturated heterocycles. The molecule has 1 atom stereocenters. The summed E-state index contributed by atoms with van der Waals surface area (Å²) in [5.41, 5.74) is 2.74. The number of Topliss-reactive ketones (excluding diaryl/α,β-unsaturated/α-hetero) is 1. The third-order valence-electron chi connectivity index (χ3n) is 6.30. The van der Waals surface area contributed by atoms with Gasteiger partial charge in [0.1, 0.15) is 0 Å². The van der Waals surface area contributed by atoms with Crippen molar-refractivity contribution in [3.05, 3.63) is 88.6 Å². The van der Waals surface area contributed by atoms with Gasteiger partial charge in [0.2, 0.25) is 0 Å². The quantitative estimate of drug-likeness (QED) is 0.456. The van der Waals surface area contributed by atoms with Crippen LogP contribution in [-0.4, -0.2) is 5.78 Å². The number of anilines is 1. The van der Waals surface area contributed by atoms with Gasteiger partial charge in [-0.2, -0.15) is 13.2 Å². The minimum atomic E-state index is -4.44. The van der Waals surface area contributed by atoms with Gasteiger partial charge in [0.05, 0.1) is 5.56 Å². The van der Waals surface area contributed by atoms with Crippen molar-refractivity contribution in [3.8, 4) is 0 Å². The maximum Gasteiger partial charge on any atom is 0.416 e. The Hall–Kier alpha value is -3.08. The van der Waals surface area contributed by atoms with Crippen molar-refractivity contribution in [2.24, 2.45) is 5.41 Å². The molecule has 3 aromatic carbocycles. The highest BCUT2D eigenvalue weighted by molar-refractivity contribution is 6.04. The molecule has 1 aliphatic carbocycles. The molecule has 2 nitrogen and oxygen atoms in total. The van der Waals surface area contributed by atoms with E-state index in [1.165, 1.54) is 12.1 Å². The van der Waals surface area contributed by atoms with E-state index < -0.39 is 17.7 Å². The molecule has 3 aromatic rings. The third kappa shape index (κ3) is 3.32. The summed E-state index contributed by atoms with van der Waals surface area (Å²) in [5.74, 6) is -0.539. The first-order chi connectivity index (χ1) is 14.6. The fraction of sp³-hybridized carbons (Fsp3) is 0.269. The van der Waals surface area contributed by atoms with Crippen LogP contribution >= 0.6 is 0 Å². The number of carbonyl (C=O) groups is 1. The average molecular weight is 421 g/mol. The minimum absolute atomic E-state index is 0.000235. The smallest absolute Gasteiger partial charge is 0.358 e. The maximum absolute atomic E-state index is 13.5. The van der Waals surface area contributed by atoms with Crippen LogP contribution in [0.25, 0.3) is 10.8 Å². The first-order valence-corrected chi connectivity index (χ1v) is 10.4. The molecule has 1 aliphatic heterocycles. The Morgan fingerprint density at radius 1 is 0.968 bits per heavy atom. The van der Waals surface area contributed by atoms with Crippen molar-refractivity contribution >= 4 is 22.2 Å². The molecule has 5 heteroatoms. The lowest BCUT2D eigenvalue weighted by molar-refractivity contribution is -0.137. The Morgan fingerprint density at radius 3 is 2.52 bits per heavy atom. The Labute approximate surface area is 178 Å². The molecule has 1 heterocycles. The molecule has 0 saturated carbocycles. The van der Waals surface area contributed by atoms with E-state index in [1.807, 2.05) is 50.2 Å². The van der Waals surface area contributed by atoms with Crippen molar-refractivity contribution in [1.82, 2.24) is 0 Å². The summed E-state index contributed by atoms with van der Waals surface area (Å²) in [6.45, 7) is 4.09. The van der Waals surface area contributed by atoms with Gasteiger partial charge in [-0.05, 0) is 45.9 Å². The zero-order chi connectivity index (χ0) is 22.0. The van der Waals surface area contributed by atoms with Crippen molar-refractivity contribution < 1.29 is 18.0 Å². The molecule has 0 aromatic heterocycles. The van der Waals surface area contributed by atoms with Crippen LogP contribution in [-0.2, 0) is 11.0 Å². The van der Waals surface area contributed by atoms with Gasteiger partial charge in [-0.15, -0.1) is 0 Å². The monoisotopic (exact) mass is 421 g/mol. The molecule has 0 radical (unpaired) electrons. The van der Waals surface area contributed by atoms with Crippen LogP contribution in [0.15, 0.2) is 71.9 Å². The lowest BCUT2D eigenvalue weighted by Gasteiger charge is -2.40. The lowest BCUT2D eigenvalue weighted by Crippen LogP contribution is -2.34. The Kier molecular flexibility index (Phi) is 4.30. The van der Waals surface area contributed by atoms with E-state index in [-0.39, 0.29) is 11.2 Å². The number of alkyl halides is 3. The van der Waals surface area contributed by atoms with Gasteiger partial charge in [-0.3, -0.25) is 4.79 Å². The van der Waals surface area contributed by atoms with Crippen molar-refractivity contribution in [3.63, 3.8) is 0 Å². The van der Waals surface area contributed by atoms with Gasteiger partial charge in [0, 0.05) is 29.3 Å². The first-order valence-electron chi connectivity index (χ1n) is 10.4. The maximum atomic E-state index is 13.5. The van der Waals surface area contributed by atoms with E-state index >= 15 is 0 Å². The molecular weight excluding hydrogens is 399 g/mol. The summed E-state index contributed by atoms with van der Waals surface area (Å²) < 4.78 is 40.5. The number of hydrogen-bond donors (Lipinski definition) is 1. The highest BCUT2D eigenvalue weighted by Crippen LogP contribution is 2.51. The van der Waals surface area contributed by atoms with E-state index in [9.17, 15) is 18.0 Å². The van der Waals surface area contributed by atoms with Crippen molar-refractivity contribution in [1.29, 1.82) is 0 Å². The Bertz CT molecular complexity index is 1250. The van der Waals surface area contributed by atoms with Gasteiger partial charge in [0.25, 0.3) is 0 Å². The summed E-state index contributed by atoms with van der Waals surface area (Å²) in [6.07, 6.45) is -3.39. The standard InChI is InChI=1S/C26H22F3NO/c1-25(2)13-20-24(21(31)14-25)22(16-7-5-8-17(12-16)26(27,28)29)23-18-9-4-3-6-15(18)10-11-19(23)30-20/h3-12,22,30H,13-14H2,1-2H3. The summed E-state index contributed by atoms with van der Waals surface area (Å²) in [7, 11) is 0. The average Bonchev–Trinajstić information content (AvgIpc) is 2.70. The van der Waals surface area contributed by atoms with E-state index in [0.29, 0.717) is 24.0 Å². The number of benzene rings is 3. The number of halogens is 3. The van der Waals surface area contributed by atoms with Gasteiger partial charge in [-0.25, -0.2) is 0 Å². The molecule has 158 valence electrons. The highest BCUT2D eigenvalue weighted by Gasteiger charge is 2.41. The predicted octanol–water partition coefficient (Wildman–Crippen LogP) is 7.06. The van der Waals surface area contributed by atoms with Crippen LogP contribution in [0.2, 0.25) is 0 Å². The second kappa shape index (κ2) is 6.71. The van der Waals surface area contributed by atoms with Crippen LogP contribution < -0.4 is 5.32 Å². The van der Waals surface area contributed by atoms with E-state index in [4.69, 9.17) is 0 Å². The first kappa shape index (κ1) is 19.9. The van der Waals surface area contributed by atoms with E-state index in [0.717, 1.165) is 33.8 Å². The molecule has 1 unspecified atom stereocenters. The van der Waals surface area contributed by atoms with Crippen LogP contribution in [0.4, 0.5) is 18.9 Å². The van der Waals surface area contributed by atoms with Gasteiger partial charge in [0.15, 0.2) is 5.78 Å². The normalized spacial score (nSPS) is 20.3. The number of nitrogens with one attached hydrogen (secondary N) is 1. The van der Waals surface area contributed by atoms with Gasteiger partial charge in [-0.1, -0.05) is 62.4 Å². The Balaban J connectivity index is 1.81. The number of hydrogen-bond acceptors (Lipinski definition) is 2. The molecule has 2 aliphatic rings. The van der Waals surface area contributed by atoms with Crippen LogP contribution in [0, 0.1) is 5.41 Å². The Morgan fingerprint density at radius 2 is 1.74 bits per heavy atom. The van der Waals surface area contributed by atoms with E-state index in [1.54, 1.807) is 6.07 Å². The fourth-order valence-corrected chi connectivity index (χ4v) is 5.03. The van der Waals surface area contributed by atoms with E-state index in [2.05, 4.69) is 5.32 Å². The largest absolute Gasteiger partial charge is 0.416 e. The summed E-state index contributed by atoms with van der Waals surface area (Å²) >= 11 is 0. The molecule has 0 amide bonds. The molecule has 1 N–H and O–H groups in total. The molecular formula is C26H22F3NO. The SMILES string of the molecule is CC1(C)CC(=O)C2=C(C1)Nc1ccc3ccccc3c1C2c1cccc(C(F)(F)F)c1. The second-order valence-electron chi connectivity index (χ2n) is 9.26. The number of allylic oxidation sites excluding steroid dienone is 2. The van der Waals surface area contributed by atoms with Crippen LogP contribution in [0.1, 0.15) is 49.3 Å². The zero-order valence-electron chi connectivity index (χ0n) is 17.3. The number of ketones is 1. The molecule has 0 fully saturated rings. The second-order valence-corrected chi connectivity index (χ2v) is 9.26. The molecule has 5 rings (SSSR count). The molecule has 31 heavy (non-hydrogen) atoms. The van der Waals surface area contributed by atoms with Crippen LogP contribution in [0.3, 0.4) is 0 Å². The third-order valence-corrected chi connectivity index (χ3v) is 6.30. The van der Waals surface area contributed by atoms with Gasteiger partial charge < -0.3 is 5.32 Å². The van der Waals surface area contributed by atoms with Gasteiger partial charge >= 0.3 is 6.18 Å². The number of fused-ring (bicyclic) bond motifs is 3. The minimum Gasteiger partial charge on any atom is -0.358 e. The predicted molar refractivity (Wildman–Crippen MR) is 116 cm³/mol. The van der Waals surface area contributed by atoms with Crippen molar-refractivity contribution in [2.75, 3.05) is 5.32 Å². The lowest BCUT2D eigenvalue weighted by atomic mass is 9.68. The number of rotatable bonds is 1. The zero-order valence-corrected chi connectivity index (χ0v) is 17.3. The van der Waals surface area contributed by atoms with Crippen molar-refractivity contribution in [2.45, 2.75) is 38.8 Å². The molecule has 0 bridgehead atoms. The topological polar surface area (TPSA) is 29.1 Å². The highest BCUT2D eigenvalue weighted by atomic mass is 19.4. The number of carbonyl (C=O) groups excluding carboxylic acids is 1. The fourth-order valence-electron chi connectivity index (χ4n) is 5.03.